The second-order valence-corrected chi connectivity index (χ2v) is 6.92. The van der Waals surface area contributed by atoms with Crippen LogP contribution in [0.5, 0.6) is 0 Å². The number of hydrogen-bond donors (Lipinski definition) is 2. The molecule has 0 saturated heterocycles. The fourth-order valence-corrected chi connectivity index (χ4v) is 2.59. The molecule has 0 aliphatic heterocycles. The maximum Gasteiger partial charge on any atom is 0.271 e. The second-order valence-electron chi connectivity index (χ2n) is 6.92. The van der Waals surface area contributed by atoms with Crippen LogP contribution in [0.4, 0.5) is 11.4 Å². The summed E-state index contributed by atoms with van der Waals surface area (Å²) in [4.78, 5) is 26.1. The van der Waals surface area contributed by atoms with Gasteiger partial charge in [-0.1, -0.05) is 12.1 Å². The highest BCUT2D eigenvalue weighted by molar-refractivity contribution is 6.02. The van der Waals surface area contributed by atoms with Crippen LogP contribution >= 0.6 is 0 Å². The molecule has 0 spiro atoms. The number of hydrogen-bond acceptors (Lipinski definition) is 4. The Kier molecular flexibility index (Phi) is 5.54. The zero-order chi connectivity index (χ0) is 19.4. The number of anilines is 2. The van der Waals surface area contributed by atoms with Crippen molar-refractivity contribution in [3.8, 4) is 0 Å². The molecule has 0 atom stereocenters. The third-order valence-electron chi connectivity index (χ3n) is 4.47. The minimum absolute atomic E-state index is 0.0659. The SMILES string of the molecule is C/C(=N/NC(=O)c1ccc(N(C)C)cc1)c1cccc(NC(=O)C2CC2)c1. The number of amides is 2. The van der Waals surface area contributed by atoms with Gasteiger partial charge in [0.05, 0.1) is 5.71 Å². The Balaban J connectivity index is 1.64. The first-order chi connectivity index (χ1) is 12.9. The summed E-state index contributed by atoms with van der Waals surface area (Å²) in [6.07, 6.45) is 1.93. The number of benzene rings is 2. The number of nitrogens with one attached hydrogen (secondary N) is 2. The summed E-state index contributed by atoms with van der Waals surface area (Å²) in [6.45, 7) is 1.82. The molecule has 2 N–H and O–H groups in total. The molecular formula is C21H24N4O2. The predicted octanol–water partition coefficient (Wildman–Crippen LogP) is 3.26. The molecule has 0 aromatic heterocycles. The molecule has 2 aromatic rings. The molecule has 0 unspecified atom stereocenters. The van der Waals surface area contributed by atoms with Crippen molar-refractivity contribution in [3.05, 3.63) is 59.7 Å². The van der Waals surface area contributed by atoms with Crippen molar-refractivity contribution < 1.29 is 9.59 Å². The van der Waals surface area contributed by atoms with E-state index >= 15 is 0 Å². The fraction of sp³-hybridized carbons (Fsp3) is 0.286. The first kappa shape index (κ1) is 18.6. The highest BCUT2D eigenvalue weighted by Gasteiger charge is 2.29. The van der Waals surface area contributed by atoms with Crippen LogP contribution in [0.15, 0.2) is 53.6 Å². The topological polar surface area (TPSA) is 73.8 Å². The Labute approximate surface area is 159 Å². The average Bonchev–Trinajstić information content (AvgIpc) is 3.51. The number of nitrogens with zero attached hydrogens (tertiary/aromatic N) is 2. The van der Waals surface area contributed by atoms with E-state index in [9.17, 15) is 9.59 Å². The van der Waals surface area contributed by atoms with Crippen molar-refractivity contribution in [1.29, 1.82) is 0 Å². The third-order valence-corrected chi connectivity index (χ3v) is 4.47. The molecule has 140 valence electrons. The van der Waals surface area contributed by atoms with Gasteiger partial charge in [-0.2, -0.15) is 5.10 Å². The molecule has 2 amide bonds. The highest BCUT2D eigenvalue weighted by atomic mass is 16.2. The number of hydrazone groups is 1. The van der Waals surface area contributed by atoms with Crippen molar-refractivity contribution >= 4 is 28.9 Å². The largest absolute Gasteiger partial charge is 0.378 e. The van der Waals surface area contributed by atoms with Gasteiger partial charge >= 0.3 is 0 Å². The first-order valence-corrected chi connectivity index (χ1v) is 8.97. The monoisotopic (exact) mass is 364 g/mol. The summed E-state index contributed by atoms with van der Waals surface area (Å²) in [5.74, 6) is -0.0457. The molecule has 27 heavy (non-hydrogen) atoms. The maximum atomic E-state index is 12.3. The summed E-state index contributed by atoms with van der Waals surface area (Å²) < 4.78 is 0. The lowest BCUT2D eigenvalue weighted by atomic mass is 10.1. The van der Waals surface area contributed by atoms with E-state index in [-0.39, 0.29) is 17.7 Å². The summed E-state index contributed by atoms with van der Waals surface area (Å²) in [7, 11) is 3.90. The maximum absolute atomic E-state index is 12.3. The average molecular weight is 364 g/mol. The van der Waals surface area contributed by atoms with Crippen molar-refractivity contribution in [2.24, 2.45) is 11.0 Å². The fourth-order valence-electron chi connectivity index (χ4n) is 2.59. The van der Waals surface area contributed by atoms with Crippen LogP contribution < -0.4 is 15.6 Å². The minimum Gasteiger partial charge on any atom is -0.378 e. The highest BCUT2D eigenvalue weighted by Crippen LogP contribution is 2.30. The molecule has 1 fully saturated rings. The molecule has 3 rings (SSSR count). The van der Waals surface area contributed by atoms with E-state index in [1.165, 1.54) is 0 Å². The van der Waals surface area contributed by atoms with Crippen LogP contribution in [0.2, 0.25) is 0 Å². The third kappa shape index (κ3) is 4.94. The van der Waals surface area contributed by atoms with E-state index in [0.29, 0.717) is 11.3 Å². The van der Waals surface area contributed by atoms with E-state index in [0.717, 1.165) is 29.8 Å². The van der Waals surface area contributed by atoms with Crippen molar-refractivity contribution in [3.63, 3.8) is 0 Å². The molecule has 1 aliphatic carbocycles. The summed E-state index contributed by atoms with van der Waals surface area (Å²) in [5, 5.41) is 7.11. The Bertz CT molecular complexity index is 868. The summed E-state index contributed by atoms with van der Waals surface area (Å²) in [5.41, 5.74) is 6.39. The van der Waals surface area contributed by atoms with Crippen LogP contribution in [0.25, 0.3) is 0 Å². The second kappa shape index (κ2) is 8.03. The molecule has 6 heteroatoms. The Morgan fingerprint density at radius 2 is 1.74 bits per heavy atom. The molecule has 6 nitrogen and oxygen atoms in total. The predicted molar refractivity (Wildman–Crippen MR) is 108 cm³/mol. The molecule has 0 bridgehead atoms. The van der Waals surface area contributed by atoms with E-state index < -0.39 is 0 Å². The standard InChI is InChI=1S/C21H24N4O2/c1-14(17-5-4-6-18(13-17)22-20(26)15-7-8-15)23-24-21(27)16-9-11-19(12-10-16)25(2)3/h4-6,9-13,15H,7-8H2,1-3H3,(H,22,26)(H,24,27)/b23-14-. The number of rotatable bonds is 6. The van der Waals surface area contributed by atoms with Gasteiger partial charge in [0.1, 0.15) is 0 Å². The van der Waals surface area contributed by atoms with Gasteiger partial charge in [-0.3, -0.25) is 9.59 Å². The zero-order valence-corrected chi connectivity index (χ0v) is 15.8. The van der Waals surface area contributed by atoms with Crippen LogP contribution in [0.1, 0.15) is 35.7 Å². The normalized spacial score (nSPS) is 13.8. The smallest absolute Gasteiger partial charge is 0.271 e. The summed E-state index contributed by atoms with van der Waals surface area (Å²) in [6, 6.07) is 14.8. The summed E-state index contributed by atoms with van der Waals surface area (Å²) >= 11 is 0. The van der Waals surface area contributed by atoms with Gasteiger partial charge in [0, 0.05) is 37.0 Å². The van der Waals surface area contributed by atoms with Gasteiger partial charge in [0.25, 0.3) is 5.91 Å². The number of carbonyl (C=O) groups excluding carboxylic acids is 2. The van der Waals surface area contributed by atoms with Gasteiger partial charge in [0.2, 0.25) is 5.91 Å². The van der Waals surface area contributed by atoms with E-state index in [2.05, 4.69) is 15.8 Å². The van der Waals surface area contributed by atoms with Gasteiger partial charge in [-0.15, -0.1) is 0 Å². The lowest BCUT2D eigenvalue weighted by Crippen LogP contribution is -2.19. The molecular weight excluding hydrogens is 340 g/mol. The Hall–Kier alpha value is -3.15. The minimum atomic E-state index is -0.266. The zero-order valence-electron chi connectivity index (χ0n) is 15.8. The van der Waals surface area contributed by atoms with E-state index in [1.54, 1.807) is 12.1 Å². The number of carbonyl (C=O) groups is 2. The Morgan fingerprint density at radius 1 is 1.04 bits per heavy atom. The van der Waals surface area contributed by atoms with Gasteiger partial charge in [-0.05, 0) is 61.7 Å². The van der Waals surface area contributed by atoms with Crippen molar-refractivity contribution in [2.75, 3.05) is 24.3 Å². The van der Waals surface area contributed by atoms with Crippen LogP contribution in [-0.4, -0.2) is 31.6 Å². The van der Waals surface area contributed by atoms with E-state index in [1.807, 2.05) is 62.3 Å². The molecule has 1 saturated carbocycles. The van der Waals surface area contributed by atoms with Crippen molar-refractivity contribution in [1.82, 2.24) is 5.43 Å². The Morgan fingerprint density at radius 3 is 2.37 bits per heavy atom. The van der Waals surface area contributed by atoms with Crippen molar-refractivity contribution in [2.45, 2.75) is 19.8 Å². The molecule has 1 aliphatic rings. The van der Waals surface area contributed by atoms with E-state index in [4.69, 9.17) is 0 Å². The molecule has 0 heterocycles. The van der Waals surface area contributed by atoms with Crippen LogP contribution in [-0.2, 0) is 4.79 Å². The lowest BCUT2D eigenvalue weighted by molar-refractivity contribution is -0.117. The van der Waals surface area contributed by atoms with Crippen LogP contribution in [0, 0.1) is 5.92 Å². The quantitative estimate of drug-likeness (QED) is 0.610. The first-order valence-electron chi connectivity index (χ1n) is 8.97. The van der Waals surface area contributed by atoms with Gasteiger partial charge < -0.3 is 10.2 Å². The lowest BCUT2D eigenvalue weighted by Gasteiger charge is -2.12. The molecule has 2 aromatic carbocycles. The van der Waals surface area contributed by atoms with Gasteiger partial charge in [0.15, 0.2) is 0 Å². The molecule has 0 radical (unpaired) electrons. The van der Waals surface area contributed by atoms with Crippen LogP contribution in [0.3, 0.4) is 0 Å². The van der Waals surface area contributed by atoms with Gasteiger partial charge in [-0.25, -0.2) is 5.43 Å².